The fourth-order valence-electron chi connectivity index (χ4n) is 4.31. The summed E-state index contributed by atoms with van der Waals surface area (Å²) in [4.78, 5) is 51.6. The number of ether oxygens (including phenoxy) is 1. The second-order valence-electron chi connectivity index (χ2n) is 10.1. The van der Waals surface area contributed by atoms with Crippen LogP contribution in [0.3, 0.4) is 0 Å². The SMILES string of the molecule is CC(C)(C)OC(=O)N1CSC[C@H]1C(=O)N[C@H](C(=O)NCC1CCC(C(=O)O)CC1)c1ccccc1. The Labute approximate surface area is 210 Å². The van der Waals surface area contributed by atoms with E-state index in [9.17, 15) is 24.3 Å². The van der Waals surface area contributed by atoms with Crippen molar-refractivity contribution in [3.05, 3.63) is 35.9 Å². The minimum absolute atomic E-state index is 0.204. The third-order valence-electron chi connectivity index (χ3n) is 6.26. The molecular weight excluding hydrogens is 470 g/mol. The van der Waals surface area contributed by atoms with E-state index < -0.39 is 35.7 Å². The number of carbonyl (C=O) groups excluding carboxylic acids is 3. The number of carboxylic acids is 1. The van der Waals surface area contributed by atoms with Gasteiger partial charge in [-0.2, -0.15) is 0 Å². The molecule has 0 aromatic heterocycles. The van der Waals surface area contributed by atoms with Crippen molar-refractivity contribution in [1.29, 1.82) is 0 Å². The van der Waals surface area contributed by atoms with Gasteiger partial charge in [-0.05, 0) is 57.9 Å². The summed E-state index contributed by atoms with van der Waals surface area (Å²) in [6.07, 6.45) is 2.14. The standard InChI is InChI=1S/C25H35N3O6S/c1-25(2,3)34-24(33)28-15-35-14-19(28)21(29)27-20(17-7-5-4-6-8-17)22(30)26-13-16-9-11-18(12-10-16)23(31)32/h4-8,16,18-20H,9-15H2,1-3H3,(H,26,30)(H,27,29)(H,31,32)/t16?,18?,19-,20-/m0/s1. The lowest BCUT2D eigenvalue weighted by Gasteiger charge is -2.29. The van der Waals surface area contributed by atoms with Gasteiger partial charge in [0.2, 0.25) is 11.8 Å². The smallest absolute Gasteiger partial charge is 0.411 e. The molecule has 9 nitrogen and oxygen atoms in total. The summed E-state index contributed by atoms with van der Waals surface area (Å²) in [6, 6.07) is 7.33. The van der Waals surface area contributed by atoms with Crippen LogP contribution in [0.2, 0.25) is 0 Å². The van der Waals surface area contributed by atoms with Gasteiger partial charge in [-0.25, -0.2) is 4.79 Å². The maximum Gasteiger partial charge on any atom is 0.411 e. The molecule has 0 unspecified atom stereocenters. The second kappa shape index (κ2) is 11.8. The number of hydrogen-bond acceptors (Lipinski definition) is 6. The van der Waals surface area contributed by atoms with Crippen LogP contribution >= 0.6 is 11.8 Å². The molecule has 3 amide bonds. The highest BCUT2D eigenvalue weighted by Crippen LogP contribution is 2.29. The molecule has 1 aromatic carbocycles. The van der Waals surface area contributed by atoms with Crippen LogP contribution in [0, 0.1) is 11.8 Å². The van der Waals surface area contributed by atoms with E-state index in [4.69, 9.17) is 4.74 Å². The Bertz CT molecular complexity index is 912. The molecule has 1 heterocycles. The molecule has 1 aliphatic heterocycles. The third-order valence-corrected chi connectivity index (χ3v) is 7.27. The average Bonchev–Trinajstić information content (AvgIpc) is 3.31. The lowest BCUT2D eigenvalue weighted by atomic mass is 9.82. The first-order chi connectivity index (χ1) is 16.5. The normalized spacial score (nSPS) is 23.3. The number of carbonyl (C=O) groups is 4. The van der Waals surface area contributed by atoms with Crippen LogP contribution in [-0.4, -0.2) is 63.7 Å². The Morgan fingerprint density at radius 3 is 2.37 bits per heavy atom. The number of hydrogen-bond donors (Lipinski definition) is 3. The van der Waals surface area contributed by atoms with Gasteiger partial charge in [-0.3, -0.25) is 19.3 Å². The third kappa shape index (κ3) is 7.62. The quantitative estimate of drug-likeness (QED) is 0.520. The zero-order valence-electron chi connectivity index (χ0n) is 20.5. The molecule has 2 fully saturated rings. The predicted molar refractivity (Wildman–Crippen MR) is 133 cm³/mol. The molecule has 3 rings (SSSR count). The molecule has 35 heavy (non-hydrogen) atoms. The summed E-state index contributed by atoms with van der Waals surface area (Å²) in [6.45, 7) is 5.74. The zero-order chi connectivity index (χ0) is 25.6. The van der Waals surface area contributed by atoms with E-state index in [1.54, 1.807) is 45.0 Å². The minimum Gasteiger partial charge on any atom is -0.481 e. The van der Waals surface area contributed by atoms with E-state index >= 15 is 0 Å². The number of aliphatic carboxylic acids is 1. The number of rotatable bonds is 7. The van der Waals surface area contributed by atoms with Crippen molar-refractivity contribution >= 4 is 35.6 Å². The Kier molecular flexibility index (Phi) is 9.04. The van der Waals surface area contributed by atoms with Crippen LogP contribution < -0.4 is 10.6 Å². The number of amides is 3. The maximum atomic E-state index is 13.2. The Morgan fingerprint density at radius 1 is 1.11 bits per heavy atom. The number of benzene rings is 1. The summed E-state index contributed by atoms with van der Waals surface area (Å²) in [5.74, 6) is -0.850. The van der Waals surface area contributed by atoms with E-state index in [0.29, 0.717) is 36.6 Å². The molecular formula is C25H35N3O6S. The van der Waals surface area contributed by atoms with Crippen LogP contribution in [0.5, 0.6) is 0 Å². The van der Waals surface area contributed by atoms with Crippen molar-refractivity contribution < 1.29 is 29.0 Å². The minimum atomic E-state index is -0.912. The van der Waals surface area contributed by atoms with E-state index in [1.807, 2.05) is 6.07 Å². The first kappa shape index (κ1) is 26.8. The number of nitrogens with one attached hydrogen (secondary N) is 2. The van der Waals surface area contributed by atoms with E-state index in [-0.39, 0.29) is 17.7 Å². The molecule has 0 spiro atoms. The van der Waals surface area contributed by atoms with Gasteiger partial charge in [0.1, 0.15) is 17.7 Å². The van der Waals surface area contributed by atoms with Gasteiger partial charge < -0.3 is 20.5 Å². The Hall–Kier alpha value is -2.75. The number of thioether (sulfide) groups is 1. The molecule has 2 atom stereocenters. The van der Waals surface area contributed by atoms with Crippen LogP contribution in [0.25, 0.3) is 0 Å². The lowest BCUT2D eigenvalue weighted by molar-refractivity contribution is -0.143. The summed E-state index contributed by atoms with van der Waals surface area (Å²) in [7, 11) is 0. The van der Waals surface area contributed by atoms with Gasteiger partial charge >= 0.3 is 12.1 Å². The highest BCUT2D eigenvalue weighted by Gasteiger charge is 2.39. The summed E-state index contributed by atoms with van der Waals surface area (Å²) < 4.78 is 5.44. The zero-order valence-corrected chi connectivity index (χ0v) is 21.3. The van der Waals surface area contributed by atoms with Crippen molar-refractivity contribution in [2.45, 2.75) is 64.1 Å². The van der Waals surface area contributed by atoms with Crippen LogP contribution in [0.1, 0.15) is 58.1 Å². The highest BCUT2D eigenvalue weighted by molar-refractivity contribution is 7.99. The van der Waals surface area contributed by atoms with Crippen LogP contribution in [0.15, 0.2) is 30.3 Å². The van der Waals surface area contributed by atoms with Crippen LogP contribution in [0.4, 0.5) is 4.79 Å². The average molecular weight is 506 g/mol. The predicted octanol–water partition coefficient (Wildman–Crippen LogP) is 3.16. The molecule has 10 heteroatoms. The van der Waals surface area contributed by atoms with Crippen molar-refractivity contribution in [2.24, 2.45) is 11.8 Å². The molecule has 1 aliphatic carbocycles. The molecule has 1 aromatic rings. The fourth-order valence-corrected chi connectivity index (χ4v) is 5.45. The van der Waals surface area contributed by atoms with E-state index in [0.717, 1.165) is 12.8 Å². The maximum absolute atomic E-state index is 13.2. The van der Waals surface area contributed by atoms with Gasteiger partial charge in [0.05, 0.1) is 11.8 Å². The van der Waals surface area contributed by atoms with Gasteiger partial charge in [0.15, 0.2) is 0 Å². The topological polar surface area (TPSA) is 125 Å². The van der Waals surface area contributed by atoms with Gasteiger partial charge in [0, 0.05) is 12.3 Å². The fraction of sp³-hybridized carbons (Fsp3) is 0.600. The molecule has 1 saturated heterocycles. The monoisotopic (exact) mass is 505 g/mol. The molecule has 1 saturated carbocycles. The first-order valence-corrected chi connectivity index (χ1v) is 13.1. The molecule has 0 radical (unpaired) electrons. The first-order valence-electron chi connectivity index (χ1n) is 12.0. The summed E-state index contributed by atoms with van der Waals surface area (Å²) >= 11 is 1.46. The highest BCUT2D eigenvalue weighted by atomic mass is 32.2. The second-order valence-corrected chi connectivity index (χ2v) is 11.1. The van der Waals surface area contributed by atoms with E-state index in [2.05, 4.69) is 10.6 Å². The van der Waals surface area contributed by atoms with Gasteiger partial charge in [-0.15, -0.1) is 11.8 Å². The number of nitrogens with zero attached hydrogens (tertiary/aromatic N) is 1. The molecule has 192 valence electrons. The van der Waals surface area contributed by atoms with Gasteiger partial charge in [-0.1, -0.05) is 30.3 Å². The van der Waals surface area contributed by atoms with Crippen molar-refractivity contribution in [1.82, 2.24) is 15.5 Å². The van der Waals surface area contributed by atoms with Crippen LogP contribution in [-0.2, 0) is 19.1 Å². The lowest BCUT2D eigenvalue weighted by Crippen LogP contribution is -2.51. The molecule has 0 bridgehead atoms. The summed E-state index contributed by atoms with van der Waals surface area (Å²) in [5, 5.41) is 15.0. The van der Waals surface area contributed by atoms with E-state index in [1.165, 1.54) is 16.7 Å². The van der Waals surface area contributed by atoms with Gasteiger partial charge in [0.25, 0.3) is 0 Å². The Balaban J connectivity index is 1.64. The molecule has 2 aliphatic rings. The Morgan fingerprint density at radius 2 is 1.77 bits per heavy atom. The number of carboxylic acid groups (broad SMARTS) is 1. The largest absolute Gasteiger partial charge is 0.481 e. The molecule has 3 N–H and O–H groups in total. The van der Waals surface area contributed by atoms with Crippen molar-refractivity contribution in [3.63, 3.8) is 0 Å². The van der Waals surface area contributed by atoms with Crippen molar-refractivity contribution in [2.75, 3.05) is 18.2 Å². The van der Waals surface area contributed by atoms with Crippen molar-refractivity contribution in [3.8, 4) is 0 Å². The summed E-state index contributed by atoms with van der Waals surface area (Å²) in [5.41, 5.74) is -0.0380.